The molecule has 1 saturated heterocycles. The molecule has 0 radical (unpaired) electrons. The Kier molecular flexibility index (Phi) is 2.51. The standard InChI is InChI=1S/C6H14N2O2S/c1-5-4-6(2-3-8-5)11(7,9)10/h5-6,8H,2-4H2,1H3,(H2,7,9,10). The van der Waals surface area contributed by atoms with Crippen LogP contribution in [0.15, 0.2) is 0 Å². The molecule has 66 valence electrons. The minimum absolute atomic E-state index is 0.270. The summed E-state index contributed by atoms with van der Waals surface area (Å²) in [5, 5.41) is 7.85. The molecule has 1 aliphatic rings. The average Bonchev–Trinajstić information content (AvgIpc) is 1.86. The van der Waals surface area contributed by atoms with E-state index in [2.05, 4.69) is 5.32 Å². The van der Waals surface area contributed by atoms with Crippen LogP contribution in [0.3, 0.4) is 0 Å². The summed E-state index contributed by atoms with van der Waals surface area (Å²) in [5.74, 6) is 0. The summed E-state index contributed by atoms with van der Waals surface area (Å²) >= 11 is 0. The first-order valence-corrected chi connectivity index (χ1v) is 5.36. The van der Waals surface area contributed by atoms with Gasteiger partial charge in [-0.15, -0.1) is 0 Å². The van der Waals surface area contributed by atoms with Crippen molar-refractivity contribution >= 4 is 10.0 Å². The molecule has 1 rings (SSSR count). The number of nitrogens with two attached hydrogens (primary N) is 1. The lowest BCUT2D eigenvalue weighted by Crippen LogP contribution is -2.43. The molecule has 11 heavy (non-hydrogen) atoms. The SMILES string of the molecule is CC1CC(S(N)(=O)=O)CCN1. The smallest absolute Gasteiger partial charge is 0.212 e. The molecule has 0 saturated carbocycles. The molecule has 0 bridgehead atoms. The molecule has 1 aliphatic heterocycles. The molecule has 0 spiro atoms. The Bertz CT molecular complexity index is 225. The number of nitrogens with one attached hydrogen (secondary N) is 1. The van der Waals surface area contributed by atoms with Crippen LogP contribution in [0.4, 0.5) is 0 Å². The van der Waals surface area contributed by atoms with Gasteiger partial charge in [-0.1, -0.05) is 0 Å². The van der Waals surface area contributed by atoms with Gasteiger partial charge in [0, 0.05) is 6.04 Å². The Morgan fingerprint density at radius 3 is 2.55 bits per heavy atom. The van der Waals surface area contributed by atoms with Gasteiger partial charge in [-0.2, -0.15) is 0 Å². The minimum atomic E-state index is -3.30. The molecule has 4 nitrogen and oxygen atoms in total. The van der Waals surface area contributed by atoms with Crippen LogP contribution in [0, 0.1) is 0 Å². The zero-order chi connectivity index (χ0) is 8.48. The molecule has 0 aromatic carbocycles. The Hall–Kier alpha value is -0.130. The number of hydrogen-bond acceptors (Lipinski definition) is 3. The van der Waals surface area contributed by atoms with Crippen molar-refractivity contribution in [3.63, 3.8) is 0 Å². The average molecular weight is 178 g/mol. The van der Waals surface area contributed by atoms with Crippen LogP contribution in [0.2, 0.25) is 0 Å². The second-order valence-electron chi connectivity index (χ2n) is 3.09. The fraction of sp³-hybridized carbons (Fsp3) is 1.00. The normalized spacial score (nSPS) is 33.6. The predicted octanol–water partition coefficient (Wildman–Crippen LogP) is -0.585. The third kappa shape index (κ3) is 2.43. The third-order valence-electron chi connectivity index (χ3n) is 2.04. The van der Waals surface area contributed by atoms with Gasteiger partial charge in [0.05, 0.1) is 5.25 Å². The van der Waals surface area contributed by atoms with Crippen molar-refractivity contribution in [1.82, 2.24) is 5.32 Å². The number of rotatable bonds is 1. The summed E-state index contributed by atoms with van der Waals surface area (Å²) in [6, 6.07) is 0.270. The van der Waals surface area contributed by atoms with Crippen molar-refractivity contribution in [3.05, 3.63) is 0 Å². The molecule has 0 aliphatic carbocycles. The van der Waals surface area contributed by atoms with E-state index in [1.165, 1.54) is 0 Å². The van der Waals surface area contributed by atoms with Crippen LogP contribution in [0.25, 0.3) is 0 Å². The highest BCUT2D eigenvalue weighted by Crippen LogP contribution is 2.13. The maximum absolute atomic E-state index is 10.9. The quantitative estimate of drug-likeness (QED) is 0.564. The van der Waals surface area contributed by atoms with E-state index in [0.29, 0.717) is 12.8 Å². The molecule has 0 aromatic heterocycles. The largest absolute Gasteiger partial charge is 0.314 e. The van der Waals surface area contributed by atoms with Crippen molar-refractivity contribution < 1.29 is 8.42 Å². The monoisotopic (exact) mass is 178 g/mol. The van der Waals surface area contributed by atoms with Gasteiger partial charge in [0.2, 0.25) is 10.0 Å². The first-order chi connectivity index (χ1) is 5.00. The van der Waals surface area contributed by atoms with Gasteiger partial charge in [-0.25, -0.2) is 13.6 Å². The van der Waals surface area contributed by atoms with E-state index in [0.717, 1.165) is 6.54 Å². The van der Waals surface area contributed by atoms with Crippen molar-refractivity contribution in [1.29, 1.82) is 0 Å². The lowest BCUT2D eigenvalue weighted by Gasteiger charge is -2.26. The van der Waals surface area contributed by atoms with Crippen LogP contribution >= 0.6 is 0 Å². The van der Waals surface area contributed by atoms with Crippen molar-refractivity contribution in [3.8, 4) is 0 Å². The van der Waals surface area contributed by atoms with Crippen LogP contribution < -0.4 is 10.5 Å². The molecule has 0 aromatic rings. The lowest BCUT2D eigenvalue weighted by molar-refractivity contribution is 0.419. The van der Waals surface area contributed by atoms with Crippen molar-refractivity contribution in [2.24, 2.45) is 5.14 Å². The fourth-order valence-corrected chi connectivity index (χ4v) is 2.39. The first-order valence-electron chi connectivity index (χ1n) is 3.75. The van der Waals surface area contributed by atoms with Gasteiger partial charge >= 0.3 is 0 Å². The number of primary sulfonamides is 1. The third-order valence-corrected chi connectivity index (χ3v) is 3.40. The van der Waals surface area contributed by atoms with E-state index in [1.54, 1.807) is 0 Å². The van der Waals surface area contributed by atoms with E-state index in [1.807, 2.05) is 6.92 Å². The highest BCUT2D eigenvalue weighted by atomic mass is 32.2. The Morgan fingerprint density at radius 2 is 2.18 bits per heavy atom. The van der Waals surface area contributed by atoms with Gasteiger partial charge < -0.3 is 5.32 Å². The molecule has 3 N–H and O–H groups in total. The Labute approximate surface area is 67.2 Å². The number of hydrogen-bond donors (Lipinski definition) is 2. The highest BCUT2D eigenvalue weighted by molar-refractivity contribution is 7.89. The van der Waals surface area contributed by atoms with Crippen molar-refractivity contribution in [2.75, 3.05) is 6.54 Å². The second kappa shape index (κ2) is 3.08. The van der Waals surface area contributed by atoms with E-state index >= 15 is 0 Å². The fourth-order valence-electron chi connectivity index (χ4n) is 1.38. The molecular weight excluding hydrogens is 164 g/mol. The van der Waals surface area contributed by atoms with Crippen LogP contribution in [0.5, 0.6) is 0 Å². The zero-order valence-electron chi connectivity index (χ0n) is 6.58. The minimum Gasteiger partial charge on any atom is -0.314 e. The first kappa shape index (κ1) is 8.96. The summed E-state index contributed by atoms with van der Waals surface area (Å²) in [5.41, 5.74) is 0. The molecule has 5 heteroatoms. The Balaban J connectivity index is 2.60. The summed E-state index contributed by atoms with van der Waals surface area (Å²) in [6.45, 7) is 2.72. The lowest BCUT2D eigenvalue weighted by atomic mass is 10.1. The molecule has 2 atom stereocenters. The topological polar surface area (TPSA) is 72.2 Å². The number of sulfonamides is 1. The zero-order valence-corrected chi connectivity index (χ0v) is 7.39. The second-order valence-corrected chi connectivity index (χ2v) is 4.94. The summed E-state index contributed by atoms with van der Waals surface area (Å²) in [4.78, 5) is 0. The number of piperidine rings is 1. The van der Waals surface area contributed by atoms with E-state index in [-0.39, 0.29) is 11.3 Å². The van der Waals surface area contributed by atoms with Crippen LogP contribution in [0.1, 0.15) is 19.8 Å². The molecule has 2 unspecified atom stereocenters. The van der Waals surface area contributed by atoms with Gasteiger partial charge in [0.15, 0.2) is 0 Å². The Morgan fingerprint density at radius 1 is 1.55 bits per heavy atom. The van der Waals surface area contributed by atoms with E-state index in [9.17, 15) is 8.42 Å². The molecular formula is C6H14N2O2S. The van der Waals surface area contributed by atoms with Crippen LogP contribution in [-0.2, 0) is 10.0 Å². The summed E-state index contributed by atoms with van der Waals surface area (Å²) in [6.07, 6.45) is 1.28. The molecule has 1 fully saturated rings. The van der Waals surface area contributed by atoms with Crippen molar-refractivity contribution in [2.45, 2.75) is 31.1 Å². The van der Waals surface area contributed by atoms with Gasteiger partial charge in [0.1, 0.15) is 0 Å². The van der Waals surface area contributed by atoms with Crippen LogP contribution in [-0.4, -0.2) is 26.3 Å². The maximum atomic E-state index is 10.9. The summed E-state index contributed by atoms with van der Waals surface area (Å²) in [7, 11) is -3.30. The summed E-state index contributed by atoms with van der Waals surface area (Å²) < 4.78 is 21.8. The molecule has 1 heterocycles. The van der Waals surface area contributed by atoms with Gasteiger partial charge in [0.25, 0.3) is 0 Å². The highest BCUT2D eigenvalue weighted by Gasteiger charge is 2.26. The molecule has 0 amide bonds. The van der Waals surface area contributed by atoms with Gasteiger partial charge in [-0.05, 0) is 26.3 Å². The van der Waals surface area contributed by atoms with Gasteiger partial charge in [-0.3, -0.25) is 0 Å². The van der Waals surface area contributed by atoms with E-state index in [4.69, 9.17) is 5.14 Å². The predicted molar refractivity (Wildman–Crippen MR) is 43.6 cm³/mol. The maximum Gasteiger partial charge on any atom is 0.212 e. The van der Waals surface area contributed by atoms with E-state index < -0.39 is 10.0 Å².